The second-order valence-corrected chi connectivity index (χ2v) is 11.3. The van der Waals surface area contributed by atoms with Gasteiger partial charge in [0.05, 0.1) is 0 Å². The number of thiazole rings is 1. The van der Waals surface area contributed by atoms with Gasteiger partial charge in [-0.05, 0) is 74.5 Å². The molecule has 9 heteroatoms. The first-order chi connectivity index (χ1) is 15.4. The Hall–Kier alpha value is -2.09. The number of rotatable bonds is 5. The maximum Gasteiger partial charge on any atom is 0.273 e. The molecule has 0 atom stereocenters. The van der Waals surface area contributed by atoms with Gasteiger partial charge in [0.2, 0.25) is 0 Å². The number of carbonyl (C=O) groups excluding carboxylic acids is 1. The molecule has 1 aromatic carbocycles. The van der Waals surface area contributed by atoms with Crippen molar-refractivity contribution >= 4 is 51.3 Å². The van der Waals surface area contributed by atoms with Gasteiger partial charge in [0, 0.05) is 32.7 Å². The van der Waals surface area contributed by atoms with E-state index in [-0.39, 0.29) is 11.4 Å². The highest BCUT2D eigenvalue weighted by Gasteiger charge is 2.51. The molecule has 0 unspecified atom stereocenters. The van der Waals surface area contributed by atoms with E-state index in [9.17, 15) is 4.79 Å². The van der Waals surface area contributed by atoms with Crippen molar-refractivity contribution in [1.29, 1.82) is 0 Å². The van der Waals surface area contributed by atoms with E-state index < -0.39 is 0 Å². The number of benzene rings is 1. The summed E-state index contributed by atoms with van der Waals surface area (Å²) in [5.41, 5.74) is 1.62. The molecule has 4 aliphatic carbocycles. The lowest BCUT2D eigenvalue weighted by Gasteiger charge is -2.56. The number of amides is 1. The topological polar surface area (TPSA) is 80.0 Å². The van der Waals surface area contributed by atoms with Crippen LogP contribution in [0.15, 0.2) is 34.2 Å². The van der Waals surface area contributed by atoms with Crippen molar-refractivity contribution in [3.63, 3.8) is 0 Å². The monoisotopic (exact) mass is 488 g/mol. The van der Waals surface area contributed by atoms with E-state index in [1.165, 1.54) is 30.6 Å². The first kappa shape index (κ1) is 20.5. The summed E-state index contributed by atoms with van der Waals surface area (Å²) in [6.45, 7) is 0. The van der Waals surface area contributed by atoms with E-state index in [1.54, 1.807) is 24.3 Å². The van der Waals surface area contributed by atoms with E-state index in [1.807, 2.05) is 5.38 Å². The zero-order valence-corrected chi connectivity index (χ0v) is 19.6. The van der Waals surface area contributed by atoms with Crippen LogP contribution in [0.4, 0.5) is 10.8 Å². The van der Waals surface area contributed by atoms with Gasteiger partial charge >= 0.3 is 0 Å². The first-order valence-electron chi connectivity index (χ1n) is 10.9. The van der Waals surface area contributed by atoms with Gasteiger partial charge in [0.1, 0.15) is 5.69 Å². The molecule has 1 amide bonds. The van der Waals surface area contributed by atoms with Gasteiger partial charge in [-0.3, -0.25) is 4.79 Å². The van der Waals surface area contributed by atoms with Crippen LogP contribution in [0.1, 0.15) is 49.0 Å². The number of hydrogen-bond acceptors (Lipinski definition) is 6. The van der Waals surface area contributed by atoms with Crippen molar-refractivity contribution in [2.24, 2.45) is 17.8 Å². The summed E-state index contributed by atoms with van der Waals surface area (Å²) in [5.74, 6) is 2.62. The Labute approximate surface area is 199 Å². The molecule has 4 bridgehead atoms. The van der Waals surface area contributed by atoms with Crippen molar-refractivity contribution < 1.29 is 9.32 Å². The standard InChI is InChI=1S/C23H22Cl2N4O2S/c24-15-4-16(25)6-17(5-15)26-22-27-19(11-32-22)20-7-18(29-31-20)21(30)28-23-8-12-1-13(9-23)3-14(2-12)10-23/h4-7,11-14H,1-3,8-10H2,(H,26,27)(H,28,30). The Bertz CT molecular complexity index is 1130. The fraction of sp³-hybridized carbons (Fsp3) is 0.435. The number of halogens is 2. The summed E-state index contributed by atoms with van der Waals surface area (Å²) in [6, 6.07) is 6.89. The largest absolute Gasteiger partial charge is 0.354 e. The van der Waals surface area contributed by atoms with Crippen LogP contribution in [0.5, 0.6) is 0 Å². The highest BCUT2D eigenvalue weighted by molar-refractivity contribution is 7.14. The molecule has 2 heterocycles. The fourth-order valence-electron chi connectivity index (χ4n) is 6.27. The van der Waals surface area contributed by atoms with Gasteiger partial charge in [-0.1, -0.05) is 28.4 Å². The summed E-state index contributed by atoms with van der Waals surface area (Å²) in [5, 5.41) is 14.2. The number of hydrogen-bond donors (Lipinski definition) is 2. The van der Waals surface area contributed by atoms with Crippen LogP contribution >= 0.6 is 34.5 Å². The van der Waals surface area contributed by atoms with Crippen LogP contribution in [-0.4, -0.2) is 21.6 Å². The molecule has 3 aromatic rings. The molecular weight excluding hydrogens is 467 g/mol. The Balaban J connectivity index is 1.15. The lowest BCUT2D eigenvalue weighted by atomic mass is 9.53. The second-order valence-electron chi connectivity index (χ2n) is 9.55. The van der Waals surface area contributed by atoms with Gasteiger partial charge in [-0.25, -0.2) is 4.98 Å². The summed E-state index contributed by atoms with van der Waals surface area (Å²) in [4.78, 5) is 17.5. The lowest BCUT2D eigenvalue weighted by molar-refractivity contribution is -0.0168. The van der Waals surface area contributed by atoms with Gasteiger partial charge in [0.25, 0.3) is 5.91 Å². The zero-order valence-electron chi connectivity index (χ0n) is 17.2. The molecule has 7 rings (SSSR count). The highest BCUT2D eigenvalue weighted by atomic mass is 35.5. The second kappa shape index (κ2) is 7.75. The van der Waals surface area contributed by atoms with Crippen LogP contribution in [0, 0.1) is 17.8 Å². The van der Waals surface area contributed by atoms with Crippen LogP contribution in [-0.2, 0) is 0 Å². The average molecular weight is 489 g/mol. The molecule has 0 aliphatic heterocycles. The summed E-state index contributed by atoms with van der Waals surface area (Å²) >= 11 is 13.5. The van der Waals surface area contributed by atoms with Crippen molar-refractivity contribution in [2.45, 2.75) is 44.1 Å². The number of carbonyl (C=O) groups is 1. The Morgan fingerprint density at radius 1 is 1.03 bits per heavy atom. The summed E-state index contributed by atoms with van der Waals surface area (Å²) in [6.07, 6.45) is 7.32. The van der Waals surface area contributed by atoms with E-state index in [4.69, 9.17) is 27.7 Å². The van der Waals surface area contributed by atoms with Gasteiger partial charge in [-0.15, -0.1) is 11.3 Å². The fourth-order valence-corrected chi connectivity index (χ4v) is 7.51. The highest BCUT2D eigenvalue weighted by Crippen LogP contribution is 2.55. The van der Waals surface area contributed by atoms with E-state index in [0.29, 0.717) is 32.3 Å². The smallest absolute Gasteiger partial charge is 0.273 e. The minimum Gasteiger partial charge on any atom is -0.354 e. The molecule has 2 aromatic heterocycles. The maximum absolute atomic E-state index is 13.0. The minimum absolute atomic E-state index is 0.0547. The summed E-state index contributed by atoms with van der Waals surface area (Å²) in [7, 11) is 0. The molecule has 0 spiro atoms. The first-order valence-corrected chi connectivity index (χ1v) is 12.5. The molecule has 2 N–H and O–H groups in total. The molecule has 6 nitrogen and oxygen atoms in total. The quantitative estimate of drug-likeness (QED) is 0.425. The number of nitrogens with one attached hydrogen (secondary N) is 2. The van der Waals surface area contributed by atoms with E-state index >= 15 is 0 Å². The molecule has 0 saturated heterocycles. The van der Waals surface area contributed by atoms with Crippen molar-refractivity contribution in [1.82, 2.24) is 15.5 Å². The number of aromatic nitrogens is 2. The van der Waals surface area contributed by atoms with Crippen LogP contribution < -0.4 is 10.6 Å². The molecule has 4 aliphatic rings. The predicted octanol–water partition coefficient (Wildman–Crippen LogP) is 6.55. The number of nitrogens with zero attached hydrogens (tertiary/aromatic N) is 2. The minimum atomic E-state index is -0.149. The third-order valence-electron chi connectivity index (χ3n) is 7.03. The Morgan fingerprint density at radius 2 is 1.69 bits per heavy atom. The Kier molecular flexibility index (Phi) is 4.97. The van der Waals surface area contributed by atoms with Crippen LogP contribution in [0.2, 0.25) is 10.0 Å². The van der Waals surface area contributed by atoms with Gasteiger partial charge in [-0.2, -0.15) is 0 Å². The van der Waals surface area contributed by atoms with Crippen molar-refractivity contribution in [3.8, 4) is 11.5 Å². The van der Waals surface area contributed by atoms with Gasteiger partial charge < -0.3 is 15.2 Å². The lowest BCUT2D eigenvalue weighted by Crippen LogP contribution is -2.59. The third kappa shape index (κ3) is 3.91. The summed E-state index contributed by atoms with van der Waals surface area (Å²) < 4.78 is 5.46. The maximum atomic E-state index is 13.0. The third-order valence-corrected chi connectivity index (χ3v) is 8.22. The van der Waals surface area contributed by atoms with E-state index in [0.717, 1.165) is 42.7 Å². The predicted molar refractivity (Wildman–Crippen MR) is 126 cm³/mol. The van der Waals surface area contributed by atoms with Crippen molar-refractivity contribution in [3.05, 3.63) is 45.4 Å². The molecule has 4 saturated carbocycles. The Morgan fingerprint density at radius 3 is 2.34 bits per heavy atom. The van der Waals surface area contributed by atoms with Crippen molar-refractivity contribution in [2.75, 3.05) is 5.32 Å². The SMILES string of the molecule is O=C(NC12CC3CC(CC(C3)C1)C2)c1cc(-c2csc(Nc3cc(Cl)cc(Cl)c3)n2)on1. The number of anilines is 2. The van der Waals surface area contributed by atoms with Gasteiger partial charge in [0.15, 0.2) is 16.6 Å². The molecular formula is C23H22Cl2N4O2S. The van der Waals surface area contributed by atoms with E-state index in [2.05, 4.69) is 20.8 Å². The molecule has 166 valence electrons. The molecule has 4 fully saturated rings. The normalized spacial score (nSPS) is 28.1. The molecule has 0 radical (unpaired) electrons. The zero-order chi connectivity index (χ0) is 21.9. The average Bonchev–Trinajstić information content (AvgIpc) is 3.35. The van der Waals surface area contributed by atoms with Crippen LogP contribution in [0.3, 0.4) is 0 Å². The molecule has 32 heavy (non-hydrogen) atoms. The van der Waals surface area contributed by atoms with Crippen LogP contribution in [0.25, 0.3) is 11.5 Å².